The fourth-order valence-corrected chi connectivity index (χ4v) is 4.73. The molecule has 0 aromatic rings. The van der Waals surface area contributed by atoms with Gasteiger partial charge in [0.1, 0.15) is 12.6 Å². The molecule has 3 aliphatic rings. The maximum Gasteiger partial charge on any atom is 0.321 e. The van der Waals surface area contributed by atoms with Crippen LogP contribution in [0.3, 0.4) is 0 Å². The molecule has 0 aromatic carbocycles. The van der Waals surface area contributed by atoms with Crippen molar-refractivity contribution in [2.24, 2.45) is 5.92 Å². The van der Waals surface area contributed by atoms with Crippen LogP contribution in [0.4, 0.5) is 4.79 Å². The largest absolute Gasteiger partial charge is 0.383 e. The van der Waals surface area contributed by atoms with E-state index in [-0.39, 0.29) is 30.4 Å². The van der Waals surface area contributed by atoms with Crippen LogP contribution in [-0.2, 0) is 14.3 Å². The third-order valence-corrected chi connectivity index (χ3v) is 6.22. The number of fused-ring (bicyclic) bond motifs is 1. The van der Waals surface area contributed by atoms with Gasteiger partial charge in [0.15, 0.2) is 0 Å². The minimum absolute atomic E-state index is 0.000967. The van der Waals surface area contributed by atoms with Crippen LogP contribution >= 0.6 is 0 Å². The zero-order valence-electron chi connectivity index (χ0n) is 18.1. The van der Waals surface area contributed by atoms with E-state index in [0.29, 0.717) is 38.6 Å². The number of rotatable bonds is 7. The van der Waals surface area contributed by atoms with Gasteiger partial charge in [0.05, 0.1) is 12.6 Å². The molecule has 29 heavy (non-hydrogen) atoms. The van der Waals surface area contributed by atoms with E-state index in [4.69, 9.17) is 4.74 Å². The van der Waals surface area contributed by atoms with Crippen LogP contribution in [0.5, 0.6) is 0 Å². The van der Waals surface area contributed by atoms with Gasteiger partial charge in [0.2, 0.25) is 11.8 Å². The molecule has 0 saturated carbocycles. The molecule has 3 aliphatic heterocycles. The quantitative estimate of drug-likeness (QED) is 0.638. The highest BCUT2D eigenvalue weighted by molar-refractivity contribution is 5.92. The number of nitrogens with zero attached hydrogens (tertiary/aromatic N) is 4. The predicted octanol–water partition coefficient (Wildman–Crippen LogP) is 1.40. The standard InChI is InChI=1S/C21H36N4O4/c1-16(2)12-18-20(27)23(10-11-29-3)13-17-14-24(21(28)25(17)18)15-19(26)22-8-6-4-5-7-9-22/h16-18H,4-15H2,1-3H3/t17-,18-/m0/s1. The Kier molecular flexibility index (Phi) is 7.38. The van der Waals surface area contributed by atoms with Gasteiger partial charge >= 0.3 is 6.03 Å². The molecule has 2 atom stereocenters. The van der Waals surface area contributed by atoms with Crippen LogP contribution < -0.4 is 0 Å². The molecule has 0 radical (unpaired) electrons. The van der Waals surface area contributed by atoms with Crippen molar-refractivity contribution >= 4 is 17.8 Å². The first-order valence-corrected chi connectivity index (χ1v) is 11.0. The van der Waals surface area contributed by atoms with Gasteiger partial charge in [-0.15, -0.1) is 0 Å². The van der Waals surface area contributed by atoms with E-state index in [1.54, 1.807) is 16.9 Å². The summed E-state index contributed by atoms with van der Waals surface area (Å²) in [6.45, 7) is 7.86. The average Bonchev–Trinajstić information content (AvgIpc) is 2.87. The highest BCUT2D eigenvalue weighted by Gasteiger charge is 2.49. The number of carbonyl (C=O) groups excluding carboxylic acids is 3. The fourth-order valence-electron chi connectivity index (χ4n) is 4.73. The van der Waals surface area contributed by atoms with Crippen molar-refractivity contribution in [2.75, 3.05) is 53.0 Å². The number of carbonyl (C=O) groups is 3. The topological polar surface area (TPSA) is 73.4 Å². The van der Waals surface area contributed by atoms with Crippen molar-refractivity contribution < 1.29 is 19.1 Å². The van der Waals surface area contributed by atoms with E-state index in [1.165, 1.54) is 12.8 Å². The molecule has 0 aliphatic carbocycles. The second-order valence-corrected chi connectivity index (χ2v) is 8.94. The molecule has 3 heterocycles. The van der Waals surface area contributed by atoms with E-state index in [2.05, 4.69) is 13.8 Å². The minimum Gasteiger partial charge on any atom is -0.383 e. The van der Waals surface area contributed by atoms with E-state index in [0.717, 1.165) is 25.9 Å². The van der Waals surface area contributed by atoms with E-state index in [9.17, 15) is 14.4 Å². The van der Waals surface area contributed by atoms with Crippen molar-refractivity contribution in [3.63, 3.8) is 0 Å². The molecule has 8 heteroatoms. The summed E-state index contributed by atoms with van der Waals surface area (Å²) in [5, 5.41) is 0. The zero-order chi connectivity index (χ0) is 21.0. The lowest BCUT2D eigenvalue weighted by Crippen LogP contribution is -2.61. The number of ether oxygens (including phenoxy) is 1. The van der Waals surface area contributed by atoms with Gasteiger partial charge in [0, 0.05) is 39.8 Å². The molecule has 0 N–H and O–H groups in total. The molecule has 0 aromatic heterocycles. The number of piperazine rings is 1. The monoisotopic (exact) mass is 408 g/mol. The highest BCUT2D eigenvalue weighted by Crippen LogP contribution is 2.29. The Morgan fingerprint density at radius 2 is 1.72 bits per heavy atom. The summed E-state index contributed by atoms with van der Waals surface area (Å²) in [4.78, 5) is 46.2. The summed E-state index contributed by atoms with van der Waals surface area (Å²) >= 11 is 0. The van der Waals surface area contributed by atoms with E-state index in [1.807, 2.05) is 9.80 Å². The zero-order valence-corrected chi connectivity index (χ0v) is 18.1. The van der Waals surface area contributed by atoms with Gasteiger partial charge in [0.25, 0.3) is 0 Å². The smallest absolute Gasteiger partial charge is 0.321 e. The molecule has 0 unspecified atom stereocenters. The summed E-state index contributed by atoms with van der Waals surface area (Å²) in [5.41, 5.74) is 0. The predicted molar refractivity (Wildman–Crippen MR) is 109 cm³/mol. The van der Waals surface area contributed by atoms with Crippen molar-refractivity contribution in [1.82, 2.24) is 19.6 Å². The Balaban J connectivity index is 1.70. The molecule has 0 spiro atoms. The van der Waals surface area contributed by atoms with Crippen LogP contribution in [0.15, 0.2) is 0 Å². The normalized spacial score (nSPS) is 25.7. The summed E-state index contributed by atoms with van der Waals surface area (Å²) < 4.78 is 5.16. The Hall–Kier alpha value is -1.83. The van der Waals surface area contributed by atoms with Crippen LogP contribution in [0.1, 0.15) is 46.0 Å². The number of methoxy groups -OCH3 is 1. The van der Waals surface area contributed by atoms with Gasteiger partial charge in [-0.25, -0.2) is 4.79 Å². The third kappa shape index (κ3) is 5.02. The lowest BCUT2D eigenvalue weighted by Gasteiger charge is -2.42. The van der Waals surface area contributed by atoms with Crippen LogP contribution in [-0.4, -0.2) is 103 Å². The average molecular weight is 409 g/mol. The molecule has 3 fully saturated rings. The number of amides is 4. The lowest BCUT2D eigenvalue weighted by atomic mass is 9.97. The first-order valence-electron chi connectivity index (χ1n) is 11.0. The molecule has 4 amide bonds. The van der Waals surface area contributed by atoms with Crippen LogP contribution in [0.2, 0.25) is 0 Å². The maximum atomic E-state index is 13.2. The van der Waals surface area contributed by atoms with E-state index >= 15 is 0 Å². The Morgan fingerprint density at radius 1 is 1.07 bits per heavy atom. The molecule has 3 rings (SSSR count). The summed E-state index contributed by atoms with van der Waals surface area (Å²) in [6.07, 6.45) is 5.04. The third-order valence-electron chi connectivity index (χ3n) is 6.22. The second-order valence-electron chi connectivity index (χ2n) is 8.94. The SMILES string of the molecule is COCCN1C[C@H]2CN(CC(=O)N3CCCCCC3)C(=O)N2[C@@H](CC(C)C)C1=O. The fraction of sp³-hybridized carbons (Fsp3) is 0.857. The molecule has 3 saturated heterocycles. The van der Waals surface area contributed by atoms with Gasteiger partial charge in [-0.1, -0.05) is 26.7 Å². The first kappa shape index (κ1) is 21.9. The van der Waals surface area contributed by atoms with Crippen LogP contribution in [0.25, 0.3) is 0 Å². The summed E-state index contributed by atoms with van der Waals surface area (Å²) in [6, 6.07) is -0.669. The number of urea groups is 1. The lowest BCUT2D eigenvalue weighted by molar-refractivity contribution is -0.143. The number of hydrogen-bond acceptors (Lipinski definition) is 4. The molecule has 0 bridgehead atoms. The van der Waals surface area contributed by atoms with Crippen LogP contribution in [0, 0.1) is 5.92 Å². The van der Waals surface area contributed by atoms with Gasteiger partial charge in [-0.05, 0) is 25.2 Å². The second kappa shape index (κ2) is 9.78. The molecule has 164 valence electrons. The van der Waals surface area contributed by atoms with Gasteiger partial charge in [-0.3, -0.25) is 9.59 Å². The number of likely N-dealkylation sites (tertiary alicyclic amines) is 1. The highest BCUT2D eigenvalue weighted by atomic mass is 16.5. The maximum absolute atomic E-state index is 13.2. The molecule has 8 nitrogen and oxygen atoms in total. The van der Waals surface area contributed by atoms with E-state index < -0.39 is 6.04 Å². The Morgan fingerprint density at radius 3 is 2.34 bits per heavy atom. The summed E-state index contributed by atoms with van der Waals surface area (Å²) in [7, 11) is 1.63. The number of hydrogen-bond donors (Lipinski definition) is 0. The molecular formula is C21H36N4O4. The van der Waals surface area contributed by atoms with Crippen molar-refractivity contribution in [2.45, 2.75) is 58.0 Å². The van der Waals surface area contributed by atoms with Crippen molar-refractivity contribution in [3.8, 4) is 0 Å². The summed E-state index contributed by atoms with van der Waals surface area (Å²) in [5.74, 6) is 0.330. The molecular weight excluding hydrogens is 372 g/mol. The van der Waals surface area contributed by atoms with Crippen molar-refractivity contribution in [1.29, 1.82) is 0 Å². The Bertz CT molecular complexity index is 603. The Labute approximate surface area is 174 Å². The first-order chi connectivity index (χ1) is 13.9. The minimum atomic E-state index is -0.448. The van der Waals surface area contributed by atoms with Crippen molar-refractivity contribution in [3.05, 3.63) is 0 Å². The van der Waals surface area contributed by atoms with Gasteiger partial charge < -0.3 is 24.3 Å². The van der Waals surface area contributed by atoms with Gasteiger partial charge in [-0.2, -0.15) is 0 Å².